The van der Waals surface area contributed by atoms with Crippen LogP contribution in [0.3, 0.4) is 0 Å². The van der Waals surface area contributed by atoms with E-state index < -0.39 is 5.38 Å². The molecule has 2 aromatic rings. The molecule has 4 heteroatoms. The van der Waals surface area contributed by atoms with Crippen LogP contribution < -0.4 is 5.32 Å². The van der Waals surface area contributed by atoms with Gasteiger partial charge in [-0.05, 0) is 17.7 Å². The number of nitrogens with zero attached hydrogens (tertiary/aromatic N) is 1. The molecule has 0 bridgehead atoms. The van der Waals surface area contributed by atoms with Crippen LogP contribution in [0.15, 0.2) is 54.9 Å². The molecule has 3 nitrogen and oxygen atoms in total. The molecule has 1 aromatic heterocycles. The number of carbonyl (C=O) groups excluding carboxylic acids is 1. The Morgan fingerprint density at radius 3 is 2.50 bits per heavy atom. The number of hydrogen-bond acceptors (Lipinski definition) is 1. The number of amides is 1. The van der Waals surface area contributed by atoms with Gasteiger partial charge in [0.05, 0.1) is 0 Å². The molecule has 2 rings (SSSR count). The van der Waals surface area contributed by atoms with E-state index in [9.17, 15) is 4.79 Å². The van der Waals surface area contributed by atoms with E-state index in [1.54, 1.807) is 0 Å². The van der Waals surface area contributed by atoms with E-state index in [2.05, 4.69) is 5.32 Å². The summed E-state index contributed by atoms with van der Waals surface area (Å²) in [4.78, 5) is 11.8. The van der Waals surface area contributed by atoms with E-state index in [0.29, 0.717) is 6.54 Å². The Hall–Kier alpha value is -1.74. The average Bonchev–Trinajstić information content (AvgIpc) is 2.92. The van der Waals surface area contributed by atoms with E-state index in [1.807, 2.05) is 59.4 Å². The van der Waals surface area contributed by atoms with Gasteiger partial charge in [0, 0.05) is 25.5 Å². The fraction of sp³-hybridized carbons (Fsp3) is 0.214. The second kappa shape index (κ2) is 6.26. The van der Waals surface area contributed by atoms with Crippen LogP contribution in [0.1, 0.15) is 10.9 Å². The van der Waals surface area contributed by atoms with Crippen molar-refractivity contribution >= 4 is 17.5 Å². The van der Waals surface area contributed by atoms with Crippen molar-refractivity contribution in [3.63, 3.8) is 0 Å². The third kappa shape index (κ3) is 3.37. The molecule has 94 valence electrons. The van der Waals surface area contributed by atoms with Crippen LogP contribution in [0.25, 0.3) is 0 Å². The first-order chi connectivity index (χ1) is 8.77. The van der Waals surface area contributed by atoms with Crippen molar-refractivity contribution in [2.24, 2.45) is 0 Å². The van der Waals surface area contributed by atoms with Gasteiger partial charge in [0.25, 0.3) is 0 Å². The molecule has 0 aliphatic rings. The molecule has 0 saturated heterocycles. The van der Waals surface area contributed by atoms with Crippen LogP contribution >= 0.6 is 11.6 Å². The fourth-order valence-corrected chi connectivity index (χ4v) is 1.91. The lowest BCUT2D eigenvalue weighted by Gasteiger charge is -2.11. The highest BCUT2D eigenvalue weighted by molar-refractivity contribution is 6.30. The van der Waals surface area contributed by atoms with Gasteiger partial charge in [0.2, 0.25) is 5.91 Å². The summed E-state index contributed by atoms with van der Waals surface area (Å²) < 4.78 is 2.01. The van der Waals surface area contributed by atoms with E-state index in [4.69, 9.17) is 11.6 Å². The Morgan fingerprint density at radius 1 is 1.17 bits per heavy atom. The van der Waals surface area contributed by atoms with Crippen LogP contribution in [0.2, 0.25) is 0 Å². The van der Waals surface area contributed by atoms with Crippen LogP contribution in [-0.4, -0.2) is 17.0 Å². The molecule has 1 N–H and O–H groups in total. The first kappa shape index (κ1) is 12.7. The maximum absolute atomic E-state index is 11.8. The summed E-state index contributed by atoms with van der Waals surface area (Å²) in [5.41, 5.74) is 0.817. The van der Waals surface area contributed by atoms with Crippen molar-refractivity contribution in [2.45, 2.75) is 11.9 Å². The standard InChI is InChI=1S/C14H15ClN2O/c15-13(12-6-2-1-3-7-12)14(18)16-8-11-17-9-4-5-10-17/h1-7,9-10,13H,8,11H2,(H,16,18). The lowest BCUT2D eigenvalue weighted by molar-refractivity contribution is -0.120. The van der Waals surface area contributed by atoms with Gasteiger partial charge in [-0.2, -0.15) is 0 Å². The van der Waals surface area contributed by atoms with Crippen LogP contribution in [0, 0.1) is 0 Å². The zero-order chi connectivity index (χ0) is 12.8. The zero-order valence-corrected chi connectivity index (χ0v) is 10.7. The molecule has 18 heavy (non-hydrogen) atoms. The fourth-order valence-electron chi connectivity index (χ4n) is 1.69. The summed E-state index contributed by atoms with van der Waals surface area (Å²) in [7, 11) is 0. The highest BCUT2D eigenvalue weighted by Crippen LogP contribution is 2.19. The Balaban J connectivity index is 1.81. The monoisotopic (exact) mass is 262 g/mol. The van der Waals surface area contributed by atoms with Crippen molar-refractivity contribution in [1.82, 2.24) is 9.88 Å². The molecule has 1 amide bonds. The van der Waals surface area contributed by atoms with Crippen molar-refractivity contribution in [3.05, 3.63) is 60.4 Å². The molecule has 0 radical (unpaired) electrons. The first-order valence-electron chi connectivity index (χ1n) is 5.85. The van der Waals surface area contributed by atoms with E-state index >= 15 is 0 Å². The maximum Gasteiger partial charge on any atom is 0.242 e. The summed E-state index contributed by atoms with van der Waals surface area (Å²) in [5.74, 6) is -0.157. The van der Waals surface area contributed by atoms with Crippen molar-refractivity contribution in [1.29, 1.82) is 0 Å². The predicted octanol–water partition coefficient (Wildman–Crippen LogP) is 2.58. The number of hydrogen-bond donors (Lipinski definition) is 1. The second-order valence-corrected chi connectivity index (χ2v) is 4.42. The van der Waals surface area contributed by atoms with Crippen LogP contribution in [0.5, 0.6) is 0 Å². The quantitative estimate of drug-likeness (QED) is 0.826. The summed E-state index contributed by atoms with van der Waals surface area (Å²) >= 11 is 6.10. The highest BCUT2D eigenvalue weighted by atomic mass is 35.5. The van der Waals surface area contributed by atoms with Crippen LogP contribution in [-0.2, 0) is 11.3 Å². The summed E-state index contributed by atoms with van der Waals surface area (Å²) in [6.45, 7) is 1.32. The third-order valence-electron chi connectivity index (χ3n) is 2.66. The SMILES string of the molecule is O=C(NCCn1cccc1)C(Cl)c1ccccc1. The maximum atomic E-state index is 11.8. The molecule has 1 aromatic carbocycles. The summed E-state index contributed by atoms with van der Waals surface area (Å²) in [5, 5.41) is 2.20. The molecule has 1 unspecified atom stereocenters. The molecule has 1 heterocycles. The number of benzene rings is 1. The predicted molar refractivity (Wildman–Crippen MR) is 72.5 cm³/mol. The number of alkyl halides is 1. The second-order valence-electron chi connectivity index (χ2n) is 3.99. The average molecular weight is 263 g/mol. The minimum absolute atomic E-state index is 0.157. The number of rotatable bonds is 5. The van der Waals surface area contributed by atoms with Crippen LogP contribution in [0.4, 0.5) is 0 Å². The number of carbonyl (C=O) groups is 1. The van der Waals surface area contributed by atoms with Crippen molar-refractivity contribution in [2.75, 3.05) is 6.54 Å². The van der Waals surface area contributed by atoms with E-state index in [0.717, 1.165) is 12.1 Å². The Kier molecular flexibility index (Phi) is 4.42. The molecule has 0 saturated carbocycles. The van der Waals surface area contributed by atoms with Crippen molar-refractivity contribution in [3.8, 4) is 0 Å². The lowest BCUT2D eigenvalue weighted by Crippen LogP contribution is -2.29. The van der Waals surface area contributed by atoms with Gasteiger partial charge < -0.3 is 9.88 Å². The zero-order valence-electron chi connectivity index (χ0n) is 9.92. The Morgan fingerprint density at radius 2 is 1.83 bits per heavy atom. The van der Waals surface area contributed by atoms with E-state index in [1.165, 1.54) is 0 Å². The number of aromatic nitrogens is 1. The summed E-state index contributed by atoms with van der Waals surface area (Å²) in [6, 6.07) is 13.3. The number of nitrogens with one attached hydrogen (secondary N) is 1. The normalized spacial score (nSPS) is 12.1. The van der Waals surface area contributed by atoms with Gasteiger partial charge in [0.15, 0.2) is 0 Å². The van der Waals surface area contributed by atoms with Crippen molar-refractivity contribution < 1.29 is 4.79 Å². The third-order valence-corrected chi connectivity index (χ3v) is 3.11. The smallest absolute Gasteiger partial charge is 0.242 e. The lowest BCUT2D eigenvalue weighted by atomic mass is 10.1. The highest BCUT2D eigenvalue weighted by Gasteiger charge is 2.16. The molecule has 0 spiro atoms. The molecule has 0 aliphatic carbocycles. The van der Waals surface area contributed by atoms with Gasteiger partial charge >= 0.3 is 0 Å². The first-order valence-corrected chi connectivity index (χ1v) is 6.28. The van der Waals surface area contributed by atoms with Gasteiger partial charge in [-0.25, -0.2) is 0 Å². The summed E-state index contributed by atoms with van der Waals surface area (Å²) in [6.07, 6.45) is 3.92. The molecular formula is C14H15ClN2O. The van der Waals surface area contributed by atoms with Gasteiger partial charge in [-0.1, -0.05) is 30.3 Å². The van der Waals surface area contributed by atoms with Gasteiger partial charge in [-0.3, -0.25) is 4.79 Å². The minimum atomic E-state index is -0.629. The minimum Gasteiger partial charge on any atom is -0.353 e. The largest absolute Gasteiger partial charge is 0.353 e. The molecular weight excluding hydrogens is 248 g/mol. The molecule has 1 atom stereocenters. The molecule has 0 aliphatic heterocycles. The Bertz CT molecular complexity index is 482. The van der Waals surface area contributed by atoms with E-state index in [-0.39, 0.29) is 5.91 Å². The topological polar surface area (TPSA) is 34.0 Å². The Labute approximate surface area is 111 Å². The molecule has 0 fully saturated rings. The van der Waals surface area contributed by atoms with Gasteiger partial charge in [-0.15, -0.1) is 11.6 Å². The number of halogens is 1. The van der Waals surface area contributed by atoms with Gasteiger partial charge in [0.1, 0.15) is 5.38 Å².